The minimum absolute atomic E-state index is 0.754. The fraction of sp³-hybridized carbons (Fsp3) is 0. The molecule has 0 aliphatic rings. The highest BCUT2D eigenvalue weighted by molar-refractivity contribution is 5.81. The van der Waals surface area contributed by atoms with Crippen molar-refractivity contribution in [2.45, 2.75) is 0 Å². The van der Waals surface area contributed by atoms with E-state index in [9.17, 15) is 0 Å². The third-order valence-electron chi connectivity index (χ3n) is 2.76. The standard InChI is InChI=1S/C14H11N2O/c1-17-12-4-2-3-10(7-12)11-5-6-13-14(8-11)16-9-15-13/h2-9H,1H2,(H,15,16). The van der Waals surface area contributed by atoms with Crippen molar-refractivity contribution in [3.05, 3.63) is 55.9 Å². The number of H-pyrrole nitrogens is 1. The smallest absolute Gasteiger partial charge is 0.122 e. The van der Waals surface area contributed by atoms with Crippen molar-refractivity contribution in [1.29, 1.82) is 0 Å². The Morgan fingerprint density at radius 2 is 1.94 bits per heavy atom. The largest absolute Gasteiger partial charge is 0.490 e. The topological polar surface area (TPSA) is 37.9 Å². The average Bonchev–Trinajstić information content (AvgIpc) is 2.86. The summed E-state index contributed by atoms with van der Waals surface area (Å²) in [6, 6.07) is 14.0. The number of aromatic nitrogens is 2. The Labute approximate surface area is 99.1 Å². The molecule has 17 heavy (non-hydrogen) atoms. The number of nitrogens with zero attached hydrogens (tertiary/aromatic N) is 1. The van der Waals surface area contributed by atoms with Crippen LogP contribution in [-0.2, 0) is 0 Å². The molecule has 0 amide bonds. The Morgan fingerprint density at radius 1 is 1.06 bits per heavy atom. The first-order valence-corrected chi connectivity index (χ1v) is 5.32. The fourth-order valence-corrected chi connectivity index (χ4v) is 1.88. The lowest BCUT2D eigenvalue weighted by Crippen LogP contribution is -1.82. The maximum absolute atomic E-state index is 4.98. The highest BCUT2D eigenvalue weighted by atomic mass is 16.5. The molecule has 0 spiro atoms. The predicted molar refractivity (Wildman–Crippen MR) is 67.5 cm³/mol. The van der Waals surface area contributed by atoms with E-state index >= 15 is 0 Å². The molecule has 3 aromatic rings. The molecule has 1 N–H and O–H groups in total. The van der Waals surface area contributed by atoms with E-state index in [0.717, 1.165) is 27.9 Å². The van der Waals surface area contributed by atoms with E-state index in [1.807, 2.05) is 36.4 Å². The van der Waals surface area contributed by atoms with Crippen LogP contribution in [0, 0.1) is 7.11 Å². The van der Waals surface area contributed by atoms with E-state index in [-0.39, 0.29) is 0 Å². The zero-order chi connectivity index (χ0) is 11.7. The van der Waals surface area contributed by atoms with Crippen molar-refractivity contribution in [3.63, 3.8) is 0 Å². The van der Waals surface area contributed by atoms with Crippen molar-refractivity contribution >= 4 is 11.0 Å². The number of fused-ring (bicyclic) bond motifs is 1. The maximum Gasteiger partial charge on any atom is 0.122 e. The maximum atomic E-state index is 4.98. The van der Waals surface area contributed by atoms with Crippen LogP contribution in [0.5, 0.6) is 5.75 Å². The van der Waals surface area contributed by atoms with Crippen LogP contribution in [-0.4, -0.2) is 9.97 Å². The fourth-order valence-electron chi connectivity index (χ4n) is 1.88. The Bertz CT molecular complexity index is 658. The van der Waals surface area contributed by atoms with Gasteiger partial charge in [-0.25, -0.2) is 4.98 Å². The molecule has 2 aromatic carbocycles. The minimum atomic E-state index is 0.754. The molecule has 0 fully saturated rings. The number of ether oxygens (including phenoxy) is 1. The molecule has 1 aromatic heterocycles. The number of nitrogens with one attached hydrogen (secondary N) is 1. The molecule has 0 aliphatic heterocycles. The second kappa shape index (κ2) is 3.94. The van der Waals surface area contributed by atoms with Gasteiger partial charge in [0.15, 0.2) is 0 Å². The average molecular weight is 223 g/mol. The lowest BCUT2D eigenvalue weighted by Gasteiger charge is -2.04. The highest BCUT2D eigenvalue weighted by Gasteiger charge is 2.02. The van der Waals surface area contributed by atoms with Crippen LogP contribution in [0.2, 0.25) is 0 Å². The molecule has 3 heteroatoms. The molecule has 1 heterocycles. The molecular formula is C14H11N2O. The minimum Gasteiger partial charge on any atom is -0.490 e. The molecule has 0 atom stereocenters. The summed E-state index contributed by atoms with van der Waals surface area (Å²) >= 11 is 0. The first-order valence-electron chi connectivity index (χ1n) is 5.32. The number of hydrogen-bond acceptors (Lipinski definition) is 2. The summed E-state index contributed by atoms with van der Waals surface area (Å²) in [5, 5.41) is 0. The van der Waals surface area contributed by atoms with Crippen LogP contribution in [0.3, 0.4) is 0 Å². The van der Waals surface area contributed by atoms with E-state index in [2.05, 4.69) is 23.1 Å². The lowest BCUT2D eigenvalue weighted by atomic mass is 10.1. The van der Waals surface area contributed by atoms with Gasteiger partial charge in [0.2, 0.25) is 0 Å². The van der Waals surface area contributed by atoms with Gasteiger partial charge in [-0.3, -0.25) is 0 Å². The Balaban J connectivity index is 2.12. The second-order valence-corrected chi connectivity index (χ2v) is 3.81. The van der Waals surface area contributed by atoms with Gasteiger partial charge in [-0.15, -0.1) is 0 Å². The summed E-state index contributed by atoms with van der Waals surface area (Å²) in [4.78, 5) is 7.32. The van der Waals surface area contributed by atoms with Crippen molar-refractivity contribution in [1.82, 2.24) is 9.97 Å². The SMILES string of the molecule is [CH2]Oc1cccc(-c2ccc3[nH]cnc3c2)c1. The molecule has 0 aliphatic carbocycles. The number of aromatic amines is 1. The summed E-state index contributed by atoms with van der Waals surface area (Å²) in [5.74, 6) is 0.754. The van der Waals surface area contributed by atoms with Gasteiger partial charge in [0, 0.05) is 0 Å². The number of rotatable bonds is 2. The Morgan fingerprint density at radius 3 is 2.82 bits per heavy atom. The van der Waals surface area contributed by atoms with E-state index in [1.165, 1.54) is 0 Å². The molecule has 0 bridgehead atoms. The first kappa shape index (κ1) is 9.90. The second-order valence-electron chi connectivity index (χ2n) is 3.81. The van der Waals surface area contributed by atoms with Gasteiger partial charge >= 0.3 is 0 Å². The molecule has 3 nitrogen and oxygen atoms in total. The van der Waals surface area contributed by atoms with Crippen LogP contribution in [0.4, 0.5) is 0 Å². The number of benzene rings is 2. The Kier molecular flexibility index (Phi) is 2.29. The van der Waals surface area contributed by atoms with E-state index in [4.69, 9.17) is 4.74 Å². The third-order valence-corrected chi connectivity index (χ3v) is 2.76. The summed E-state index contributed by atoms with van der Waals surface area (Å²) in [5.41, 5.74) is 4.21. The highest BCUT2D eigenvalue weighted by Crippen LogP contribution is 2.25. The van der Waals surface area contributed by atoms with Crippen molar-refractivity contribution < 1.29 is 4.74 Å². The van der Waals surface area contributed by atoms with Crippen LogP contribution >= 0.6 is 0 Å². The Hall–Kier alpha value is -2.29. The third kappa shape index (κ3) is 1.76. The summed E-state index contributed by atoms with van der Waals surface area (Å²) in [6.45, 7) is 0. The number of hydrogen-bond donors (Lipinski definition) is 1. The van der Waals surface area contributed by atoms with Gasteiger partial charge in [0.25, 0.3) is 0 Å². The zero-order valence-electron chi connectivity index (χ0n) is 9.18. The summed E-state index contributed by atoms with van der Waals surface area (Å²) in [7, 11) is 3.42. The van der Waals surface area contributed by atoms with Gasteiger partial charge in [0.05, 0.1) is 17.4 Å². The molecule has 1 radical (unpaired) electrons. The van der Waals surface area contributed by atoms with Gasteiger partial charge in [0.1, 0.15) is 12.9 Å². The van der Waals surface area contributed by atoms with Crippen LogP contribution in [0.1, 0.15) is 0 Å². The van der Waals surface area contributed by atoms with Gasteiger partial charge in [-0.1, -0.05) is 18.2 Å². The molecule has 3 rings (SSSR count). The van der Waals surface area contributed by atoms with Crippen LogP contribution < -0.4 is 4.74 Å². The van der Waals surface area contributed by atoms with Gasteiger partial charge < -0.3 is 9.72 Å². The van der Waals surface area contributed by atoms with Gasteiger partial charge in [-0.05, 0) is 35.4 Å². The first-order chi connectivity index (χ1) is 8.36. The van der Waals surface area contributed by atoms with Crippen LogP contribution in [0.15, 0.2) is 48.8 Å². The van der Waals surface area contributed by atoms with E-state index in [0.29, 0.717) is 0 Å². The summed E-state index contributed by atoms with van der Waals surface area (Å²) < 4.78 is 4.98. The normalized spacial score (nSPS) is 10.6. The van der Waals surface area contributed by atoms with Crippen molar-refractivity contribution in [2.75, 3.05) is 0 Å². The molecule has 0 saturated heterocycles. The molecule has 83 valence electrons. The predicted octanol–water partition coefficient (Wildman–Crippen LogP) is 3.40. The van der Waals surface area contributed by atoms with E-state index < -0.39 is 0 Å². The number of imidazole rings is 1. The summed E-state index contributed by atoms with van der Waals surface area (Å²) in [6.07, 6.45) is 1.70. The van der Waals surface area contributed by atoms with E-state index in [1.54, 1.807) is 6.33 Å². The molecule has 0 saturated carbocycles. The quantitative estimate of drug-likeness (QED) is 0.723. The van der Waals surface area contributed by atoms with Crippen LogP contribution in [0.25, 0.3) is 22.2 Å². The lowest BCUT2D eigenvalue weighted by molar-refractivity contribution is 0.473. The van der Waals surface area contributed by atoms with Crippen molar-refractivity contribution in [3.8, 4) is 16.9 Å². The molecule has 0 unspecified atom stereocenters. The van der Waals surface area contributed by atoms with Gasteiger partial charge in [-0.2, -0.15) is 0 Å². The monoisotopic (exact) mass is 223 g/mol. The zero-order valence-corrected chi connectivity index (χ0v) is 9.18. The van der Waals surface area contributed by atoms with Crippen molar-refractivity contribution in [2.24, 2.45) is 0 Å². The molecular weight excluding hydrogens is 212 g/mol.